The van der Waals surface area contributed by atoms with Crippen molar-refractivity contribution < 1.29 is 0 Å². The van der Waals surface area contributed by atoms with Crippen molar-refractivity contribution in [1.29, 1.82) is 0 Å². The Balaban J connectivity index is 3.60. The maximum Gasteiger partial charge on any atom is 0.0489 e. The summed E-state index contributed by atoms with van der Waals surface area (Å²) in [6.07, 6.45) is 0. The Hall–Kier alpha value is 0.530. The Kier molecular flexibility index (Phi) is 3.29. The fraction of sp³-hybridized carbons (Fsp3) is 0.333. The van der Waals surface area contributed by atoms with Crippen molar-refractivity contribution >= 4 is 45.8 Å². The van der Waals surface area contributed by atoms with Gasteiger partial charge in [-0.05, 0) is 60.1 Å². The molecule has 1 rings (SSSR count). The summed E-state index contributed by atoms with van der Waals surface area (Å²) < 4.78 is 1.16. The minimum absolute atomic E-state index is 0.787. The van der Waals surface area contributed by atoms with E-state index >= 15 is 0 Å². The number of benzene rings is 1. The van der Waals surface area contributed by atoms with Crippen molar-refractivity contribution in [3.63, 3.8) is 0 Å². The summed E-state index contributed by atoms with van der Waals surface area (Å²) in [6, 6.07) is 0. The van der Waals surface area contributed by atoms with Gasteiger partial charge in [0.05, 0.1) is 0 Å². The molecule has 66 valence electrons. The van der Waals surface area contributed by atoms with Crippen molar-refractivity contribution in [3.8, 4) is 0 Å². The fourth-order valence-corrected chi connectivity index (χ4v) is 2.42. The summed E-state index contributed by atoms with van der Waals surface area (Å²) in [5, 5.41) is 1.57. The quantitative estimate of drug-likeness (QED) is 0.617. The van der Waals surface area contributed by atoms with Crippen molar-refractivity contribution in [1.82, 2.24) is 0 Å². The molecule has 0 N–H and O–H groups in total. The van der Waals surface area contributed by atoms with E-state index in [0.29, 0.717) is 0 Å². The minimum Gasteiger partial charge on any atom is -0.0837 e. The molecule has 0 aliphatic rings. The molecule has 0 saturated carbocycles. The van der Waals surface area contributed by atoms with E-state index in [0.717, 1.165) is 30.3 Å². The molecule has 0 saturated heterocycles. The van der Waals surface area contributed by atoms with Crippen LogP contribution in [0.1, 0.15) is 16.7 Å². The van der Waals surface area contributed by atoms with Crippen LogP contribution < -0.4 is 0 Å². The monoisotopic (exact) mass is 314 g/mol. The predicted octanol–water partition coefficient (Wildman–Crippen LogP) is 4.52. The molecule has 0 heterocycles. The zero-order chi connectivity index (χ0) is 9.46. The minimum atomic E-state index is 0.787. The topological polar surface area (TPSA) is 0 Å². The maximum atomic E-state index is 6.07. The molecule has 0 atom stereocenters. The molecule has 0 aliphatic heterocycles. The highest BCUT2D eigenvalue weighted by Crippen LogP contribution is 2.34. The molecule has 0 fully saturated rings. The number of hydrogen-bond acceptors (Lipinski definition) is 0. The molecule has 12 heavy (non-hydrogen) atoms. The van der Waals surface area contributed by atoms with Crippen LogP contribution in [0.4, 0.5) is 0 Å². The number of hydrogen-bond donors (Lipinski definition) is 0. The predicted molar refractivity (Wildman–Crippen MR) is 63.4 cm³/mol. The Morgan fingerprint density at radius 2 is 1.17 bits per heavy atom. The van der Waals surface area contributed by atoms with E-state index in [1.54, 1.807) is 0 Å². The Labute approximate surface area is 96.4 Å². The van der Waals surface area contributed by atoms with Crippen molar-refractivity contribution in [2.24, 2.45) is 0 Å². The summed E-state index contributed by atoms with van der Waals surface area (Å²) in [6.45, 7) is 5.97. The van der Waals surface area contributed by atoms with Crippen LogP contribution in [0.5, 0.6) is 0 Å². The molecule has 3 heteroatoms. The molecule has 0 nitrogen and oxygen atoms in total. The fourth-order valence-electron chi connectivity index (χ4n) is 1.13. The molecule has 1 aromatic rings. The van der Waals surface area contributed by atoms with Crippen LogP contribution in [0.3, 0.4) is 0 Å². The molecule has 1 aromatic carbocycles. The second-order valence-corrected chi connectivity index (χ2v) is 4.65. The lowest BCUT2D eigenvalue weighted by Crippen LogP contribution is -1.92. The summed E-state index contributed by atoms with van der Waals surface area (Å²) in [5.74, 6) is 0. The summed E-state index contributed by atoms with van der Waals surface area (Å²) in [5.41, 5.74) is 3.22. The highest BCUT2D eigenvalue weighted by atomic mass is 127. The van der Waals surface area contributed by atoms with Crippen LogP contribution in [0, 0.1) is 24.3 Å². The molecule has 0 unspecified atom stereocenters. The van der Waals surface area contributed by atoms with Gasteiger partial charge in [-0.1, -0.05) is 23.2 Å². The normalized spacial score (nSPS) is 10.5. The van der Waals surface area contributed by atoms with Crippen molar-refractivity contribution in [3.05, 3.63) is 30.3 Å². The van der Waals surface area contributed by atoms with Crippen LogP contribution >= 0.6 is 45.8 Å². The zero-order valence-corrected chi connectivity index (χ0v) is 10.8. The van der Waals surface area contributed by atoms with Gasteiger partial charge in [0.1, 0.15) is 0 Å². The molecular formula is C9H9Cl2I. The SMILES string of the molecule is Cc1c(Cl)c(C)c(I)c(C)c1Cl. The van der Waals surface area contributed by atoms with Gasteiger partial charge in [-0.15, -0.1) is 0 Å². The van der Waals surface area contributed by atoms with Gasteiger partial charge < -0.3 is 0 Å². The molecule has 0 spiro atoms. The van der Waals surface area contributed by atoms with Gasteiger partial charge in [-0.25, -0.2) is 0 Å². The summed E-state index contributed by atoms with van der Waals surface area (Å²) in [4.78, 5) is 0. The van der Waals surface area contributed by atoms with Crippen LogP contribution in [-0.2, 0) is 0 Å². The highest BCUT2D eigenvalue weighted by Gasteiger charge is 2.11. The van der Waals surface area contributed by atoms with E-state index in [1.165, 1.54) is 0 Å². The smallest absolute Gasteiger partial charge is 0.0489 e. The lowest BCUT2D eigenvalue weighted by atomic mass is 10.1. The first-order chi connectivity index (χ1) is 5.46. The second-order valence-electron chi connectivity index (χ2n) is 2.82. The largest absolute Gasteiger partial charge is 0.0837 e. The number of halogens is 3. The molecule has 0 amide bonds. The van der Waals surface area contributed by atoms with Crippen LogP contribution in [0.15, 0.2) is 0 Å². The first-order valence-corrected chi connectivity index (χ1v) is 5.40. The molecule has 0 radical (unpaired) electrons. The third kappa shape index (κ3) is 1.59. The lowest BCUT2D eigenvalue weighted by molar-refractivity contribution is 1.29. The summed E-state index contributed by atoms with van der Waals surface area (Å²) in [7, 11) is 0. The van der Waals surface area contributed by atoms with Gasteiger partial charge in [0.2, 0.25) is 0 Å². The van der Waals surface area contributed by atoms with E-state index in [2.05, 4.69) is 22.6 Å². The lowest BCUT2D eigenvalue weighted by Gasteiger charge is -2.11. The van der Waals surface area contributed by atoms with E-state index in [9.17, 15) is 0 Å². The van der Waals surface area contributed by atoms with Crippen LogP contribution in [0.2, 0.25) is 10.0 Å². The molecule has 0 aliphatic carbocycles. The van der Waals surface area contributed by atoms with Gasteiger partial charge in [-0.2, -0.15) is 0 Å². The second kappa shape index (κ2) is 3.72. The van der Waals surface area contributed by atoms with E-state index in [1.807, 2.05) is 20.8 Å². The standard InChI is InChI=1S/C9H9Cl2I/c1-4-7(10)5(2)9(12)6(3)8(4)11/h1-3H3. The molecular weight excluding hydrogens is 306 g/mol. The van der Waals surface area contributed by atoms with Gasteiger partial charge in [0.25, 0.3) is 0 Å². The summed E-state index contributed by atoms with van der Waals surface area (Å²) >= 11 is 14.4. The van der Waals surface area contributed by atoms with E-state index in [4.69, 9.17) is 23.2 Å². The van der Waals surface area contributed by atoms with Crippen LogP contribution in [0.25, 0.3) is 0 Å². The highest BCUT2D eigenvalue weighted by molar-refractivity contribution is 14.1. The Morgan fingerprint density at radius 3 is 1.50 bits per heavy atom. The zero-order valence-electron chi connectivity index (χ0n) is 7.13. The average molecular weight is 315 g/mol. The Bertz CT molecular complexity index is 227. The van der Waals surface area contributed by atoms with Gasteiger partial charge >= 0.3 is 0 Å². The first-order valence-electron chi connectivity index (χ1n) is 3.57. The molecule has 0 aromatic heterocycles. The first kappa shape index (κ1) is 10.6. The van der Waals surface area contributed by atoms with Gasteiger partial charge in [0.15, 0.2) is 0 Å². The maximum absolute atomic E-state index is 6.07. The van der Waals surface area contributed by atoms with Crippen molar-refractivity contribution in [2.45, 2.75) is 20.8 Å². The third-order valence-corrected chi connectivity index (χ3v) is 4.73. The van der Waals surface area contributed by atoms with Gasteiger partial charge in [-0.3, -0.25) is 0 Å². The van der Waals surface area contributed by atoms with Crippen LogP contribution in [-0.4, -0.2) is 0 Å². The third-order valence-electron chi connectivity index (χ3n) is 1.98. The van der Waals surface area contributed by atoms with E-state index < -0.39 is 0 Å². The van der Waals surface area contributed by atoms with Gasteiger partial charge in [0, 0.05) is 13.6 Å². The average Bonchev–Trinajstić information content (AvgIpc) is 2.08. The number of rotatable bonds is 0. The van der Waals surface area contributed by atoms with E-state index in [-0.39, 0.29) is 0 Å². The van der Waals surface area contributed by atoms with Crippen molar-refractivity contribution in [2.75, 3.05) is 0 Å². The molecule has 0 bridgehead atoms. The Morgan fingerprint density at radius 1 is 0.833 bits per heavy atom.